The van der Waals surface area contributed by atoms with E-state index in [1.165, 1.54) is 11.8 Å². The summed E-state index contributed by atoms with van der Waals surface area (Å²) in [6.45, 7) is 2.17. The molecule has 1 fully saturated rings. The van der Waals surface area contributed by atoms with E-state index in [0.29, 0.717) is 18.7 Å². The average molecular weight is 385 g/mol. The Morgan fingerprint density at radius 2 is 2.33 bits per heavy atom. The molecule has 110 valence electrons. The van der Waals surface area contributed by atoms with Crippen molar-refractivity contribution in [3.8, 4) is 5.40 Å². The van der Waals surface area contributed by atoms with Gasteiger partial charge < -0.3 is 4.90 Å². The molecule has 4 nitrogen and oxygen atoms in total. The van der Waals surface area contributed by atoms with Crippen molar-refractivity contribution < 1.29 is 9.59 Å². The van der Waals surface area contributed by atoms with Crippen LogP contribution in [-0.2, 0) is 9.59 Å². The van der Waals surface area contributed by atoms with E-state index in [4.69, 9.17) is 5.26 Å². The fourth-order valence-electron chi connectivity index (χ4n) is 2.18. The van der Waals surface area contributed by atoms with Gasteiger partial charge in [-0.2, -0.15) is 5.26 Å². The fourth-order valence-corrected chi connectivity index (χ4v) is 4.04. The predicted octanol–water partition coefficient (Wildman–Crippen LogP) is 3.65. The van der Waals surface area contributed by atoms with Crippen LogP contribution in [0.3, 0.4) is 0 Å². The van der Waals surface area contributed by atoms with Crippen molar-refractivity contribution in [2.75, 3.05) is 17.2 Å². The monoisotopic (exact) mass is 384 g/mol. The number of nitriles is 1. The number of benzene rings is 1. The Morgan fingerprint density at radius 1 is 1.57 bits per heavy atom. The smallest absolute Gasteiger partial charge is 0.227 e. The standard InChI is InChI=1S/C14H13BrN2O2S2/c1-9(18)20-7-10-4-14(19)17(6-10)13-3-2-11(21-8-16)5-12(13)15/h2-3,5,10H,4,6-7H2,1H3. The fraction of sp³-hybridized carbons (Fsp3) is 0.357. The second-order valence-corrected chi connectivity index (χ2v) is 7.59. The molecule has 1 atom stereocenters. The molecule has 1 aromatic rings. The Kier molecular flexibility index (Phi) is 5.73. The summed E-state index contributed by atoms with van der Waals surface area (Å²) in [6, 6.07) is 5.52. The Labute approximate surface area is 140 Å². The second kappa shape index (κ2) is 7.34. The predicted molar refractivity (Wildman–Crippen MR) is 89.2 cm³/mol. The first kappa shape index (κ1) is 16.4. The van der Waals surface area contributed by atoms with Crippen molar-refractivity contribution >= 4 is 56.2 Å². The molecule has 0 N–H and O–H groups in total. The van der Waals surface area contributed by atoms with Gasteiger partial charge in [-0.3, -0.25) is 9.59 Å². The molecule has 1 saturated heterocycles. The Bertz CT molecular complexity index is 615. The quantitative estimate of drug-likeness (QED) is 0.585. The Balaban J connectivity index is 2.10. The van der Waals surface area contributed by atoms with Crippen LogP contribution in [0.15, 0.2) is 27.6 Å². The molecular formula is C14H13BrN2O2S2. The molecule has 0 aromatic heterocycles. The number of rotatable bonds is 4. The minimum absolute atomic E-state index is 0.0746. The molecule has 0 saturated carbocycles. The zero-order valence-electron chi connectivity index (χ0n) is 11.3. The summed E-state index contributed by atoms with van der Waals surface area (Å²) in [7, 11) is 0. The zero-order valence-corrected chi connectivity index (χ0v) is 14.6. The third kappa shape index (κ3) is 4.25. The Hall–Kier alpha value is -0.970. The van der Waals surface area contributed by atoms with Gasteiger partial charge in [-0.1, -0.05) is 11.8 Å². The molecule has 1 heterocycles. The van der Waals surface area contributed by atoms with Gasteiger partial charge in [0, 0.05) is 35.0 Å². The molecule has 0 bridgehead atoms. The highest BCUT2D eigenvalue weighted by Crippen LogP contribution is 2.35. The van der Waals surface area contributed by atoms with Gasteiger partial charge in [-0.05, 0) is 51.8 Å². The van der Waals surface area contributed by atoms with Crippen molar-refractivity contribution in [3.05, 3.63) is 22.7 Å². The van der Waals surface area contributed by atoms with Gasteiger partial charge in [0.25, 0.3) is 0 Å². The molecule has 2 rings (SSSR count). The third-order valence-corrected chi connectivity index (χ3v) is 5.36. The molecule has 1 aliphatic rings. The van der Waals surface area contributed by atoms with E-state index >= 15 is 0 Å². The molecule has 1 amide bonds. The maximum absolute atomic E-state index is 12.1. The van der Waals surface area contributed by atoms with Crippen molar-refractivity contribution in [3.63, 3.8) is 0 Å². The maximum atomic E-state index is 12.1. The number of carbonyl (C=O) groups is 2. The normalized spacial score (nSPS) is 17.9. The van der Waals surface area contributed by atoms with E-state index in [1.54, 1.807) is 11.8 Å². The third-order valence-electron chi connectivity index (χ3n) is 3.10. The summed E-state index contributed by atoms with van der Waals surface area (Å²) in [5.41, 5.74) is 0.817. The first-order valence-electron chi connectivity index (χ1n) is 6.30. The molecule has 1 aromatic carbocycles. The van der Waals surface area contributed by atoms with Crippen LogP contribution in [0.5, 0.6) is 0 Å². The number of carbonyl (C=O) groups excluding carboxylic acids is 2. The average Bonchev–Trinajstić information content (AvgIpc) is 2.78. The summed E-state index contributed by atoms with van der Waals surface area (Å²) in [5.74, 6) is 0.953. The van der Waals surface area contributed by atoms with Crippen LogP contribution in [0.25, 0.3) is 0 Å². The molecule has 7 heteroatoms. The number of anilines is 1. The lowest BCUT2D eigenvalue weighted by Crippen LogP contribution is -2.25. The van der Waals surface area contributed by atoms with Gasteiger partial charge in [-0.15, -0.1) is 0 Å². The number of hydrogen-bond acceptors (Lipinski definition) is 5. The van der Waals surface area contributed by atoms with E-state index in [-0.39, 0.29) is 16.9 Å². The van der Waals surface area contributed by atoms with Gasteiger partial charge >= 0.3 is 0 Å². The molecule has 0 radical (unpaired) electrons. The highest BCUT2D eigenvalue weighted by Gasteiger charge is 2.31. The van der Waals surface area contributed by atoms with Gasteiger partial charge in [0.1, 0.15) is 5.40 Å². The molecule has 0 aliphatic carbocycles. The summed E-state index contributed by atoms with van der Waals surface area (Å²) in [6.07, 6.45) is 0.474. The summed E-state index contributed by atoms with van der Waals surface area (Å²) >= 11 is 5.82. The van der Waals surface area contributed by atoms with Crippen molar-refractivity contribution in [2.45, 2.75) is 18.2 Å². The lowest BCUT2D eigenvalue weighted by Gasteiger charge is -2.18. The van der Waals surface area contributed by atoms with Crippen LogP contribution >= 0.6 is 39.5 Å². The van der Waals surface area contributed by atoms with Crippen molar-refractivity contribution in [1.29, 1.82) is 5.26 Å². The number of thioether (sulfide) groups is 2. The highest BCUT2D eigenvalue weighted by molar-refractivity contribution is 9.10. The van der Waals surface area contributed by atoms with Crippen LogP contribution in [0.1, 0.15) is 13.3 Å². The Morgan fingerprint density at radius 3 is 2.95 bits per heavy atom. The SMILES string of the molecule is CC(=O)SCC1CC(=O)N(c2ccc(SC#N)cc2Br)C1. The number of thiocyanates is 1. The van der Waals surface area contributed by atoms with Crippen molar-refractivity contribution in [2.24, 2.45) is 5.92 Å². The van der Waals surface area contributed by atoms with E-state index in [0.717, 1.165) is 26.8 Å². The zero-order chi connectivity index (χ0) is 15.4. The van der Waals surface area contributed by atoms with Crippen LogP contribution in [0.4, 0.5) is 5.69 Å². The van der Waals surface area contributed by atoms with Crippen LogP contribution in [0.2, 0.25) is 0 Å². The van der Waals surface area contributed by atoms with Crippen LogP contribution in [0, 0.1) is 16.6 Å². The minimum Gasteiger partial charge on any atom is -0.311 e. The number of halogens is 1. The molecular weight excluding hydrogens is 372 g/mol. The van der Waals surface area contributed by atoms with Crippen LogP contribution in [-0.4, -0.2) is 23.3 Å². The van der Waals surface area contributed by atoms with E-state index in [9.17, 15) is 9.59 Å². The second-order valence-electron chi connectivity index (χ2n) is 4.68. The number of nitrogens with zero attached hydrogens (tertiary/aromatic N) is 2. The van der Waals surface area contributed by atoms with Crippen molar-refractivity contribution in [1.82, 2.24) is 0 Å². The molecule has 1 aliphatic heterocycles. The first-order chi connectivity index (χ1) is 10.0. The lowest BCUT2D eigenvalue weighted by atomic mass is 10.1. The lowest BCUT2D eigenvalue weighted by molar-refractivity contribution is -0.117. The molecule has 21 heavy (non-hydrogen) atoms. The number of hydrogen-bond donors (Lipinski definition) is 0. The maximum Gasteiger partial charge on any atom is 0.227 e. The highest BCUT2D eigenvalue weighted by atomic mass is 79.9. The minimum atomic E-state index is 0.0746. The summed E-state index contributed by atoms with van der Waals surface area (Å²) < 4.78 is 0.802. The first-order valence-corrected chi connectivity index (χ1v) is 8.90. The van der Waals surface area contributed by atoms with Crippen LogP contribution < -0.4 is 4.90 Å². The van der Waals surface area contributed by atoms with E-state index in [2.05, 4.69) is 15.9 Å². The molecule has 1 unspecified atom stereocenters. The van der Waals surface area contributed by atoms with E-state index in [1.807, 2.05) is 23.6 Å². The summed E-state index contributed by atoms with van der Waals surface area (Å²) in [4.78, 5) is 25.7. The number of amides is 1. The van der Waals surface area contributed by atoms with Gasteiger partial charge in [-0.25, -0.2) is 0 Å². The van der Waals surface area contributed by atoms with Gasteiger partial charge in [0.15, 0.2) is 5.12 Å². The largest absolute Gasteiger partial charge is 0.311 e. The summed E-state index contributed by atoms with van der Waals surface area (Å²) in [5, 5.41) is 10.8. The van der Waals surface area contributed by atoms with E-state index < -0.39 is 0 Å². The topological polar surface area (TPSA) is 61.2 Å². The van der Waals surface area contributed by atoms with Gasteiger partial charge in [0.05, 0.1) is 5.69 Å². The molecule has 0 spiro atoms. The van der Waals surface area contributed by atoms with Gasteiger partial charge in [0.2, 0.25) is 5.91 Å².